The van der Waals surface area contributed by atoms with Crippen molar-refractivity contribution in [2.24, 2.45) is 0 Å². The summed E-state index contributed by atoms with van der Waals surface area (Å²) in [5.41, 5.74) is 2.00. The Morgan fingerprint density at radius 1 is 1.12 bits per heavy atom. The predicted molar refractivity (Wildman–Crippen MR) is 100 cm³/mol. The summed E-state index contributed by atoms with van der Waals surface area (Å²) < 4.78 is 0. The largest absolute Gasteiger partial charge is 0.303 e. The number of rotatable bonds is 7. The number of anilines is 1. The van der Waals surface area contributed by atoms with E-state index >= 15 is 0 Å². The van der Waals surface area contributed by atoms with Crippen molar-refractivity contribution in [3.8, 4) is 11.3 Å². The van der Waals surface area contributed by atoms with Gasteiger partial charge in [-0.15, -0.1) is 11.3 Å². The summed E-state index contributed by atoms with van der Waals surface area (Å²) in [6, 6.07) is 10.0. The highest BCUT2D eigenvalue weighted by molar-refractivity contribution is 7.14. The first-order chi connectivity index (χ1) is 11.8. The summed E-state index contributed by atoms with van der Waals surface area (Å²) in [6.07, 6.45) is 6.65. The van der Waals surface area contributed by atoms with Gasteiger partial charge in [-0.05, 0) is 45.3 Å². The normalized spacial score (nSPS) is 15.3. The van der Waals surface area contributed by atoms with E-state index in [9.17, 15) is 4.79 Å². The van der Waals surface area contributed by atoms with Crippen LogP contribution >= 0.6 is 11.3 Å². The van der Waals surface area contributed by atoms with Crippen LogP contribution in [0.5, 0.6) is 0 Å². The summed E-state index contributed by atoms with van der Waals surface area (Å²) in [7, 11) is 0. The van der Waals surface area contributed by atoms with Crippen LogP contribution in [0.1, 0.15) is 38.5 Å². The maximum Gasteiger partial charge on any atom is 0.226 e. The molecule has 0 bridgehead atoms. The molecule has 3 rings (SSSR count). The molecule has 1 aliphatic heterocycles. The third-order valence-corrected chi connectivity index (χ3v) is 5.15. The maximum absolute atomic E-state index is 12.1. The zero-order valence-electron chi connectivity index (χ0n) is 14.0. The van der Waals surface area contributed by atoms with Crippen molar-refractivity contribution >= 4 is 22.4 Å². The van der Waals surface area contributed by atoms with E-state index in [0.717, 1.165) is 30.6 Å². The summed E-state index contributed by atoms with van der Waals surface area (Å²) in [5, 5.41) is 5.60. The third kappa shape index (κ3) is 5.14. The molecule has 2 heterocycles. The molecule has 0 atom stereocenters. The second kappa shape index (κ2) is 8.94. The number of aromatic nitrogens is 1. The number of hydrogen-bond acceptors (Lipinski definition) is 4. The minimum atomic E-state index is 0.0719. The highest BCUT2D eigenvalue weighted by Gasteiger charge is 2.11. The zero-order valence-corrected chi connectivity index (χ0v) is 14.9. The van der Waals surface area contributed by atoms with Gasteiger partial charge in [-0.3, -0.25) is 4.79 Å². The number of nitrogens with one attached hydrogen (secondary N) is 1. The molecule has 1 aromatic heterocycles. The monoisotopic (exact) mass is 343 g/mol. The van der Waals surface area contributed by atoms with Crippen molar-refractivity contribution < 1.29 is 4.79 Å². The standard InChI is InChI=1S/C19H25N3OS/c23-18(11-5-8-14-22-12-6-2-7-13-22)21-19-20-17(15-24-19)16-9-3-1-4-10-16/h1,3-4,9-10,15H,2,5-8,11-14H2,(H,20,21,23). The van der Waals surface area contributed by atoms with Gasteiger partial charge in [-0.25, -0.2) is 4.98 Å². The van der Waals surface area contributed by atoms with Gasteiger partial charge in [-0.1, -0.05) is 36.8 Å². The number of thiazole rings is 1. The van der Waals surface area contributed by atoms with E-state index in [1.807, 2.05) is 35.7 Å². The van der Waals surface area contributed by atoms with Gasteiger partial charge in [0.2, 0.25) is 5.91 Å². The Bertz CT molecular complexity index is 635. The lowest BCUT2D eigenvalue weighted by Gasteiger charge is -2.26. The van der Waals surface area contributed by atoms with Crippen LogP contribution in [0.15, 0.2) is 35.7 Å². The molecule has 24 heavy (non-hydrogen) atoms. The highest BCUT2D eigenvalue weighted by Crippen LogP contribution is 2.24. The average Bonchev–Trinajstić information content (AvgIpc) is 3.09. The molecule has 1 saturated heterocycles. The first kappa shape index (κ1) is 17.1. The number of benzene rings is 1. The molecule has 2 aromatic rings. The van der Waals surface area contributed by atoms with Crippen LogP contribution in [0.25, 0.3) is 11.3 Å². The lowest BCUT2D eigenvalue weighted by atomic mass is 10.1. The molecule has 128 valence electrons. The Morgan fingerprint density at radius 3 is 2.71 bits per heavy atom. The van der Waals surface area contributed by atoms with E-state index in [4.69, 9.17) is 0 Å². The van der Waals surface area contributed by atoms with E-state index in [1.54, 1.807) is 0 Å². The molecule has 0 saturated carbocycles. The molecule has 0 aliphatic carbocycles. The number of nitrogens with zero attached hydrogens (tertiary/aromatic N) is 2. The van der Waals surface area contributed by atoms with E-state index in [-0.39, 0.29) is 5.91 Å². The Morgan fingerprint density at radius 2 is 1.92 bits per heavy atom. The van der Waals surface area contributed by atoms with Gasteiger partial charge in [-0.2, -0.15) is 0 Å². The molecule has 0 spiro atoms. The molecule has 0 unspecified atom stereocenters. The fourth-order valence-electron chi connectivity index (χ4n) is 3.06. The lowest BCUT2D eigenvalue weighted by Crippen LogP contribution is -2.30. The minimum Gasteiger partial charge on any atom is -0.303 e. The van der Waals surface area contributed by atoms with Gasteiger partial charge < -0.3 is 10.2 Å². The number of piperidine rings is 1. The van der Waals surface area contributed by atoms with Crippen LogP contribution in [0.3, 0.4) is 0 Å². The van der Waals surface area contributed by atoms with Crippen LogP contribution in [-0.4, -0.2) is 35.4 Å². The molecule has 1 fully saturated rings. The Hall–Kier alpha value is -1.72. The zero-order chi connectivity index (χ0) is 16.6. The number of carbonyl (C=O) groups excluding carboxylic acids is 1. The van der Waals surface area contributed by atoms with Gasteiger partial charge >= 0.3 is 0 Å². The van der Waals surface area contributed by atoms with Crippen molar-refractivity contribution in [2.75, 3.05) is 25.0 Å². The van der Waals surface area contributed by atoms with Gasteiger partial charge in [0.15, 0.2) is 5.13 Å². The summed E-state index contributed by atoms with van der Waals surface area (Å²) in [4.78, 5) is 19.1. The van der Waals surface area contributed by atoms with Gasteiger partial charge in [0.1, 0.15) is 0 Å². The van der Waals surface area contributed by atoms with Crippen LogP contribution in [0.4, 0.5) is 5.13 Å². The molecule has 1 aliphatic rings. The van der Waals surface area contributed by atoms with Crippen molar-refractivity contribution in [3.05, 3.63) is 35.7 Å². The Balaban J connectivity index is 1.38. The van der Waals surface area contributed by atoms with Gasteiger partial charge in [0.05, 0.1) is 5.69 Å². The molecule has 4 nitrogen and oxygen atoms in total. The van der Waals surface area contributed by atoms with E-state index in [1.165, 1.54) is 43.7 Å². The topological polar surface area (TPSA) is 45.2 Å². The minimum absolute atomic E-state index is 0.0719. The lowest BCUT2D eigenvalue weighted by molar-refractivity contribution is -0.116. The Labute approximate surface area is 147 Å². The molecular formula is C19H25N3OS. The first-order valence-corrected chi connectivity index (χ1v) is 9.72. The van der Waals surface area contributed by atoms with Gasteiger partial charge in [0.25, 0.3) is 0 Å². The van der Waals surface area contributed by atoms with Crippen LogP contribution in [-0.2, 0) is 4.79 Å². The number of carbonyl (C=O) groups is 1. The molecule has 0 radical (unpaired) electrons. The first-order valence-electron chi connectivity index (χ1n) is 8.84. The fraction of sp³-hybridized carbons (Fsp3) is 0.474. The number of likely N-dealkylation sites (tertiary alicyclic amines) is 1. The number of hydrogen-bond donors (Lipinski definition) is 1. The average molecular weight is 343 g/mol. The summed E-state index contributed by atoms with van der Waals surface area (Å²) >= 11 is 1.48. The Kier molecular flexibility index (Phi) is 6.38. The van der Waals surface area contributed by atoms with E-state index in [2.05, 4.69) is 15.2 Å². The van der Waals surface area contributed by atoms with Crippen LogP contribution in [0, 0.1) is 0 Å². The smallest absolute Gasteiger partial charge is 0.226 e. The maximum atomic E-state index is 12.1. The van der Waals surface area contributed by atoms with Crippen molar-refractivity contribution in [1.82, 2.24) is 9.88 Å². The molecule has 1 amide bonds. The summed E-state index contributed by atoms with van der Waals surface area (Å²) in [5.74, 6) is 0.0719. The van der Waals surface area contributed by atoms with Crippen molar-refractivity contribution in [1.29, 1.82) is 0 Å². The SMILES string of the molecule is O=C(CCCCN1CCCCC1)Nc1nc(-c2ccccc2)cs1. The predicted octanol–water partition coefficient (Wildman–Crippen LogP) is 4.40. The van der Waals surface area contributed by atoms with Crippen molar-refractivity contribution in [3.63, 3.8) is 0 Å². The fourth-order valence-corrected chi connectivity index (χ4v) is 3.79. The number of unbranched alkanes of at least 4 members (excludes halogenated alkanes) is 1. The van der Waals surface area contributed by atoms with E-state index in [0.29, 0.717) is 11.6 Å². The molecule has 1 aromatic carbocycles. The summed E-state index contributed by atoms with van der Waals surface area (Å²) in [6.45, 7) is 3.59. The second-order valence-corrected chi connectivity index (χ2v) is 7.17. The molecule has 5 heteroatoms. The molecule has 1 N–H and O–H groups in total. The number of amides is 1. The quantitative estimate of drug-likeness (QED) is 0.758. The molecular weight excluding hydrogens is 318 g/mol. The highest BCUT2D eigenvalue weighted by atomic mass is 32.1. The third-order valence-electron chi connectivity index (χ3n) is 4.40. The van der Waals surface area contributed by atoms with Crippen LogP contribution in [0.2, 0.25) is 0 Å². The van der Waals surface area contributed by atoms with Crippen LogP contribution < -0.4 is 5.32 Å². The van der Waals surface area contributed by atoms with Gasteiger partial charge in [0, 0.05) is 17.4 Å². The van der Waals surface area contributed by atoms with E-state index < -0.39 is 0 Å². The van der Waals surface area contributed by atoms with Crippen molar-refractivity contribution in [2.45, 2.75) is 38.5 Å². The second-order valence-electron chi connectivity index (χ2n) is 6.31.